The van der Waals surface area contributed by atoms with E-state index >= 15 is 0 Å². The number of carbonyl (C=O) groups is 3. The van der Waals surface area contributed by atoms with Crippen LogP contribution in [0.25, 0.3) is 0 Å². The molecule has 212 valence electrons. The summed E-state index contributed by atoms with van der Waals surface area (Å²) >= 11 is 0. The molecular weight excluding hydrogens is 462 g/mol. The van der Waals surface area contributed by atoms with Gasteiger partial charge in [0, 0.05) is 26.2 Å². The molecule has 12 N–H and O–H groups in total. The first-order valence-electron chi connectivity index (χ1n) is 13.5. The first-order valence-corrected chi connectivity index (χ1v) is 13.5. The van der Waals surface area contributed by atoms with Crippen molar-refractivity contribution in [2.24, 2.45) is 34.8 Å². The largest absolute Gasteiger partial charge is 0.393 e. The number of hydrogen-bond acceptors (Lipinski definition) is 8. The fourth-order valence-corrected chi connectivity index (χ4v) is 3.87. The van der Waals surface area contributed by atoms with Crippen molar-refractivity contribution < 1.29 is 19.5 Å². The highest BCUT2D eigenvalue weighted by molar-refractivity contribution is 5.82. The van der Waals surface area contributed by atoms with E-state index in [1.807, 2.05) is 13.8 Å². The molecule has 0 saturated heterocycles. The minimum Gasteiger partial charge on any atom is -0.393 e. The molecule has 0 bridgehead atoms. The van der Waals surface area contributed by atoms with Crippen LogP contribution in [0, 0.1) is 11.8 Å². The zero-order chi connectivity index (χ0) is 27.5. The Morgan fingerprint density at radius 2 is 1.28 bits per heavy atom. The zero-order valence-corrected chi connectivity index (χ0v) is 22.6. The summed E-state index contributed by atoms with van der Waals surface area (Å²) in [5, 5.41) is 18.7. The third-order valence-corrected chi connectivity index (χ3v) is 6.42. The van der Waals surface area contributed by atoms with Gasteiger partial charge in [-0.25, -0.2) is 0 Å². The molecule has 0 rings (SSSR count). The predicted molar refractivity (Wildman–Crippen MR) is 144 cm³/mol. The molecule has 0 fully saturated rings. The second-order valence-corrected chi connectivity index (χ2v) is 9.97. The van der Waals surface area contributed by atoms with E-state index in [2.05, 4.69) is 22.9 Å². The van der Waals surface area contributed by atoms with Crippen LogP contribution in [-0.2, 0) is 14.4 Å². The molecule has 0 aliphatic heterocycles. The van der Waals surface area contributed by atoms with Gasteiger partial charge in [0.2, 0.25) is 17.7 Å². The lowest BCUT2D eigenvalue weighted by atomic mass is 9.93. The molecule has 0 spiro atoms. The summed E-state index contributed by atoms with van der Waals surface area (Å²) in [6, 6.07) is -1.87. The standard InChI is InChI=1S/C25H53N7O4/c1-4-12-30-23(34)20(27)10-6-8-19(33)9-7-11-21(28)24(35)32-16-18(5-2)13-17(3)15-31-25(36)22(29)14-26/h17-22,33H,4-16,26-29H2,1-3H3,(H,30,34)(H,31,36)(H,32,35). The molecule has 0 aromatic carbocycles. The number of amides is 3. The van der Waals surface area contributed by atoms with Gasteiger partial charge in [-0.1, -0.05) is 27.2 Å². The molecule has 0 saturated carbocycles. The van der Waals surface area contributed by atoms with Gasteiger partial charge in [0.15, 0.2) is 0 Å². The van der Waals surface area contributed by atoms with Gasteiger partial charge >= 0.3 is 0 Å². The Bertz CT molecular complexity index is 623. The van der Waals surface area contributed by atoms with Crippen molar-refractivity contribution in [3.63, 3.8) is 0 Å². The molecule has 0 aromatic heterocycles. The number of carbonyl (C=O) groups excluding carboxylic acids is 3. The lowest BCUT2D eigenvalue weighted by Crippen LogP contribution is -2.46. The number of rotatable bonds is 21. The van der Waals surface area contributed by atoms with Crippen molar-refractivity contribution in [2.45, 2.75) is 103 Å². The summed E-state index contributed by atoms with van der Waals surface area (Å²) < 4.78 is 0. The molecular formula is C25H53N7O4. The summed E-state index contributed by atoms with van der Waals surface area (Å²) in [5.74, 6) is -0.0890. The van der Waals surface area contributed by atoms with Crippen LogP contribution in [0.1, 0.15) is 78.6 Å². The predicted octanol–water partition coefficient (Wildman–Crippen LogP) is -0.560. The maximum atomic E-state index is 12.4. The number of nitrogens with one attached hydrogen (secondary N) is 3. The van der Waals surface area contributed by atoms with E-state index in [-0.39, 0.29) is 36.1 Å². The maximum absolute atomic E-state index is 12.4. The topological polar surface area (TPSA) is 212 Å². The van der Waals surface area contributed by atoms with Crippen LogP contribution < -0.4 is 38.9 Å². The van der Waals surface area contributed by atoms with Gasteiger partial charge in [-0.15, -0.1) is 0 Å². The van der Waals surface area contributed by atoms with Crippen molar-refractivity contribution in [1.29, 1.82) is 0 Å². The van der Waals surface area contributed by atoms with Crippen molar-refractivity contribution >= 4 is 17.7 Å². The Kier molecular flexibility index (Phi) is 19.3. The van der Waals surface area contributed by atoms with E-state index in [1.165, 1.54) is 0 Å². The van der Waals surface area contributed by atoms with Gasteiger partial charge in [-0.2, -0.15) is 0 Å². The minimum atomic E-state index is -0.692. The SMILES string of the molecule is CCCNC(=O)C(N)CCCC(O)CCCC(N)C(=O)NCC(CC)CC(C)CNC(=O)C(N)CN. The summed E-state index contributed by atoms with van der Waals surface area (Å²) in [6.45, 7) is 7.86. The molecule has 11 heteroatoms. The number of aliphatic hydroxyl groups is 1. The second kappa shape index (κ2) is 20.3. The summed E-state index contributed by atoms with van der Waals surface area (Å²) in [4.78, 5) is 35.9. The average Bonchev–Trinajstić information content (AvgIpc) is 2.86. The molecule has 36 heavy (non-hydrogen) atoms. The smallest absolute Gasteiger partial charge is 0.238 e. The number of aliphatic hydroxyl groups excluding tert-OH is 1. The second-order valence-electron chi connectivity index (χ2n) is 9.97. The van der Waals surface area contributed by atoms with Crippen molar-refractivity contribution in [3.8, 4) is 0 Å². The van der Waals surface area contributed by atoms with E-state index in [1.54, 1.807) is 0 Å². The molecule has 0 aliphatic carbocycles. The third-order valence-electron chi connectivity index (χ3n) is 6.42. The van der Waals surface area contributed by atoms with Crippen LogP contribution in [0.15, 0.2) is 0 Å². The molecule has 0 aromatic rings. The van der Waals surface area contributed by atoms with E-state index in [0.29, 0.717) is 58.2 Å². The maximum Gasteiger partial charge on any atom is 0.238 e. The Morgan fingerprint density at radius 1 is 0.778 bits per heavy atom. The summed E-state index contributed by atoms with van der Waals surface area (Å²) in [7, 11) is 0. The van der Waals surface area contributed by atoms with Crippen LogP contribution in [-0.4, -0.2) is 73.2 Å². The zero-order valence-electron chi connectivity index (χ0n) is 22.6. The fraction of sp³-hybridized carbons (Fsp3) is 0.880. The van der Waals surface area contributed by atoms with Crippen molar-refractivity contribution in [3.05, 3.63) is 0 Å². The number of hydrogen-bond donors (Lipinski definition) is 8. The van der Waals surface area contributed by atoms with Crippen LogP contribution in [0.4, 0.5) is 0 Å². The summed E-state index contributed by atoms with van der Waals surface area (Å²) in [6.07, 6.45) is 5.53. The molecule has 0 heterocycles. The van der Waals surface area contributed by atoms with Gasteiger partial charge in [-0.3, -0.25) is 14.4 Å². The van der Waals surface area contributed by atoms with Crippen LogP contribution in [0.2, 0.25) is 0 Å². The Labute approximate surface area is 217 Å². The van der Waals surface area contributed by atoms with Gasteiger partial charge < -0.3 is 44.0 Å². The molecule has 6 atom stereocenters. The monoisotopic (exact) mass is 515 g/mol. The van der Waals surface area contributed by atoms with E-state index < -0.39 is 24.2 Å². The Morgan fingerprint density at radius 3 is 1.78 bits per heavy atom. The van der Waals surface area contributed by atoms with Crippen LogP contribution >= 0.6 is 0 Å². The molecule has 0 radical (unpaired) electrons. The average molecular weight is 516 g/mol. The molecule has 6 unspecified atom stereocenters. The van der Waals surface area contributed by atoms with Crippen LogP contribution in [0.5, 0.6) is 0 Å². The first kappa shape index (κ1) is 34.2. The quantitative estimate of drug-likeness (QED) is 0.0989. The van der Waals surface area contributed by atoms with E-state index in [4.69, 9.17) is 22.9 Å². The molecule has 0 aliphatic rings. The van der Waals surface area contributed by atoms with Crippen LogP contribution in [0.3, 0.4) is 0 Å². The van der Waals surface area contributed by atoms with Gasteiger partial charge in [0.05, 0.1) is 24.2 Å². The minimum absolute atomic E-state index is 0.108. The van der Waals surface area contributed by atoms with E-state index in [0.717, 1.165) is 19.3 Å². The molecule has 11 nitrogen and oxygen atoms in total. The fourth-order valence-electron chi connectivity index (χ4n) is 3.87. The van der Waals surface area contributed by atoms with Gasteiger partial charge in [0.1, 0.15) is 0 Å². The highest BCUT2D eigenvalue weighted by Crippen LogP contribution is 2.15. The Balaban J connectivity index is 4.11. The molecule has 3 amide bonds. The third kappa shape index (κ3) is 16.1. The van der Waals surface area contributed by atoms with Gasteiger partial charge in [0.25, 0.3) is 0 Å². The first-order chi connectivity index (χ1) is 17.0. The lowest BCUT2D eigenvalue weighted by molar-refractivity contribution is -0.123. The van der Waals surface area contributed by atoms with Gasteiger partial charge in [-0.05, 0) is 63.2 Å². The number of nitrogens with two attached hydrogens (primary N) is 4. The highest BCUT2D eigenvalue weighted by atomic mass is 16.3. The van der Waals surface area contributed by atoms with Crippen molar-refractivity contribution in [1.82, 2.24) is 16.0 Å². The Hall–Kier alpha value is -1.79. The lowest BCUT2D eigenvalue weighted by Gasteiger charge is -2.22. The van der Waals surface area contributed by atoms with E-state index in [9.17, 15) is 19.5 Å². The summed E-state index contributed by atoms with van der Waals surface area (Å²) in [5.41, 5.74) is 22.9. The normalized spacial score (nSPS) is 16.3. The van der Waals surface area contributed by atoms with Crippen molar-refractivity contribution in [2.75, 3.05) is 26.2 Å². The highest BCUT2D eigenvalue weighted by Gasteiger charge is 2.19.